The first-order valence-corrected chi connectivity index (χ1v) is 16.5. The third-order valence-electron chi connectivity index (χ3n) is 9.68. The van der Waals surface area contributed by atoms with Crippen LogP contribution in [0.1, 0.15) is 17.0 Å². The van der Waals surface area contributed by atoms with E-state index in [4.69, 9.17) is 4.74 Å². The van der Waals surface area contributed by atoms with E-state index < -0.39 is 48.2 Å². The number of carboxylic acids is 4. The molecule has 3 atom stereocenters. The van der Waals surface area contributed by atoms with Crippen LogP contribution >= 0.6 is 0 Å². The fourth-order valence-corrected chi connectivity index (χ4v) is 7.23. The molecule has 1 amide bonds. The molecule has 2 fully saturated rings. The number of ether oxygens (including phenoxy) is 1. The maximum Gasteiger partial charge on any atom is 0.410 e. The van der Waals surface area contributed by atoms with Crippen molar-refractivity contribution < 1.29 is 54.2 Å². The molecule has 2 saturated heterocycles. The lowest BCUT2D eigenvalue weighted by atomic mass is 9.98. The van der Waals surface area contributed by atoms with Crippen LogP contribution in [0.3, 0.4) is 0 Å². The van der Waals surface area contributed by atoms with Gasteiger partial charge in [0.1, 0.15) is 12.7 Å². The number of carbonyl (C=O) groups excluding carboxylic acids is 1. The number of carboxylic acid groups (broad SMARTS) is 4. The molecule has 0 bridgehead atoms. The molecule has 16 nitrogen and oxygen atoms in total. The molecule has 2 aromatic rings. The van der Waals surface area contributed by atoms with E-state index >= 15 is 0 Å². The fourth-order valence-electron chi connectivity index (χ4n) is 7.23. The van der Waals surface area contributed by atoms with Crippen LogP contribution in [0.15, 0.2) is 48.5 Å². The molecular weight excluding hydrogens is 654 g/mol. The molecule has 16 heteroatoms. The van der Waals surface area contributed by atoms with Gasteiger partial charge in [0, 0.05) is 64.8 Å². The van der Waals surface area contributed by atoms with Gasteiger partial charge in [-0.15, -0.1) is 0 Å². The van der Waals surface area contributed by atoms with Gasteiger partial charge in [0.2, 0.25) is 0 Å². The predicted molar refractivity (Wildman–Crippen MR) is 177 cm³/mol. The van der Waals surface area contributed by atoms with E-state index in [0.717, 1.165) is 27.2 Å². The second kappa shape index (κ2) is 16.4. The normalized spacial score (nSPS) is 23.0. The van der Waals surface area contributed by atoms with Crippen molar-refractivity contribution in [2.24, 2.45) is 0 Å². The molecule has 0 spiro atoms. The second-order valence-corrected chi connectivity index (χ2v) is 12.8. The Balaban J connectivity index is 1.34. The second-order valence-electron chi connectivity index (χ2n) is 12.8. The number of aliphatic hydroxyl groups excluding tert-OH is 1. The van der Waals surface area contributed by atoms with Crippen LogP contribution < -0.4 is 0 Å². The van der Waals surface area contributed by atoms with Crippen molar-refractivity contribution in [3.8, 4) is 11.1 Å². The summed E-state index contributed by atoms with van der Waals surface area (Å²) in [5.74, 6) is -4.92. The van der Waals surface area contributed by atoms with Crippen molar-refractivity contribution >= 4 is 30.0 Å². The zero-order chi connectivity index (χ0) is 35.9. The van der Waals surface area contributed by atoms with E-state index in [0.29, 0.717) is 0 Å². The molecule has 0 radical (unpaired) electrons. The highest BCUT2D eigenvalue weighted by Crippen LogP contribution is 2.44. The standard InChI is InChI=1S/C34H43N5O11/c40-28(41)18-35-9-11-36(19-29(42)43)13-15-38(16-14-37(12-10-35)20-30(44)45)27-17-39(31(32(27)46)33(47)48)34(49)50-21-26-24-7-3-1-5-22(24)23-6-2-4-8-25(23)26/h1-8,26-27,31-32,46H,9-21H2,(H,40,41)(H,42,43)(H,44,45)(H,47,48)/t27-,31-,32+/m1/s1. The third-order valence-corrected chi connectivity index (χ3v) is 9.68. The Hall–Kier alpha value is -4.61. The van der Waals surface area contributed by atoms with Gasteiger partial charge in [-0.05, 0) is 22.3 Å². The monoisotopic (exact) mass is 697 g/mol. The van der Waals surface area contributed by atoms with Crippen molar-refractivity contribution in [1.29, 1.82) is 0 Å². The Labute approximate surface area is 288 Å². The van der Waals surface area contributed by atoms with Crippen molar-refractivity contribution in [2.75, 3.05) is 85.1 Å². The summed E-state index contributed by atoms with van der Waals surface area (Å²) in [6.45, 7) is 0.235. The lowest BCUT2D eigenvalue weighted by molar-refractivity contribution is -0.145. The first kappa shape index (κ1) is 36.7. The van der Waals surface area contributed by atoms with Crippen molar-refractivity contribution in [3.63, 3.8) is 0 Å². The minimum absolute atomic E-state index is 0.0482. The van der Waals surface area contributed by atoms with Gasteiger partial charge >= 0.3 is 30.0 Å². The maximum absolute atomic E-state index is 13.6. The summed E-state index contributed by atoms with van der Waals surface area (Å²) in [7, 11) is 0. The average Bonchev–Trinajstić information content (AvgIpc) is 3.58. The first-order valence-electron chi connectivity index (χ1n) is 16.5. The molecule has 3 aliphatic rings. The highest BCUT2D eigenvalue weighted by molar-refractivity contribution is 5.82. The molecule has 0 aromatic heterocycles. The topological polar surface area (TPSA) is 212 Å². The molecule has 0 saturated carbocycles. The summed E-state index contributed by atoms with van der Waals surface area (Å²) in [6.07, 6.45) is -2.43. The number of benzene rings is 2. The molecule has 2 heterocycles. The van der Waals surface area contributed by atoms with E-state index in [1.54, 1.807) is 19.6 Å². The van der Waals surface area contributed by atoms with E-state index in [-0.39, 0.29) is 91.1 Å². The van der Waals surface area contributed by atoms with Gasteiger partial charge in [0.25, 0.3) is 0 Å². The van der Waals surface area contributed by atoms with Crippen LogP contribution in [0, 0.1) is 0 Å². The zero-order valence-corrected chi connectivity index (χ0v) is 27.5. The van der Waals surface area contributed by atoms with Gasteiger partial charge in [-0.3, -0.25) is 38.9 Å². The third kappa shape index (κ3) is 8.75. The summed E-state index contributed by atoms with van der Waals surface area (Å²) in [6, 6.07) is 13.1. The van der Waals surface area contributed by atoms with Crippen LogP contribution in [-0.2, 0) is 23.9 Å². The molecule has 50 heavy (non-hydrogen) atoms. The largest absolute Gasteiger partial charge is 0.480 e. The summed E-state index contributed by atoms with van der Waals surface area (Å²) < 4.78 is 5.76. The molecule has 1 aliphatic carbocycles. The van der Waals surface area contributed by atoms with Gasteiger partial charge < -0.3 is 30.3 Å². The van der Waals surface area contributed by atoms with Gasteiger partial charge in [0.15, 0.2) is 6.04 Å². The van der Waals surface area contributed by atoms with Crippen LogP contribution in [0.2, 0.25) is 0 Å². The van der Waals surface area contributed by atoms with E-state index in [1.807, 2.05) is 48.5 Å². The SMILES string of the molecule is O=C(O)CN1CCN(CC(=O)O)CCN([C@@H]2CN(C(=O)OCC3c4ccccc4-c4ccccc43)[C@@H](C(=O)O)[C@H]2O)CCN(CC(=O)O)CC1. The Kier molecular flexibility index (Phi) is 12.0. The summed E-state index contributed by atoms with van der Waals surface area (Å²) in [5, 5.41) is 50.0. The van der Waals surface area contributed by atoms with E-state index in [2.05, 4.69) is 0 Å². The number of amides is 1. The molecular formula is C34H43N5O11. The molecule has 270 valence electrons. The van der Waals surface area contributed by atoms with E-state index in [1.165, 1.54) is 0 Å². The Morgan fingerprint density at radius 1 is 0.640 bits per heavy atom. The molecule has 2 aliphatic heterocycles. The van der Waals surface area contributed by atoms with Crippen molar-refractivity contribution in [3.05, 3.63) is 59.7 Å². The Morgan fingerprint density at radius 2 is 1.06 bits per heavy atom. The lowest BCUT2D eigenvalue weighted by Crippen LogP contribution is -2.53. The lowest BCUT2D eigenvalue weighted by Gasteiger charge is -2.36. The number of hydrogen-bond donors (Lipinski definition) is 5. The summed E-state index contributed by atoms with van der Waals surface area (Å²) >= 11 is 0. The molecule has 0 unspecified atom stereocenters. The minimum Gasteiger partial charge on any atom is -0.480 e. The van der Waals surface area contributed by atoms with Gasteiger partial charge in [-0.25, -0.2) is 9.59 Å². The van der Waals surface area contributed by atoms with Gasteiger partial charge in [0.05, 0.1) is 25.7 Å². The number of aliphatic carboxylic acids is 4. The Morgan fingerprint density at radius 3 is 1.48 bits per heavy atom. The van der Waals surface area contributed by atoms with Gasteiger partial charge in [-0.1, -0.05) is 48.5 Å². The van der Waals surface area contributed by atoms with Crippen LogP contribution in [-0.4, -0.2) is 183 Å². The van der Waals surface area contributed by atoms with Crippen LogP contribution in [0.4, 0.5) is 4.79 Å². The minimum atomic E-state index is -1.62. The number of aliphatic hydroxyl groups is 1. The summed E-state index contributed by atoms with van der Waals surface area (Å²) in [5.41, 5.74) is 4.03. The number of fused-ring (bicyclic) bond motifs is 3. The number of carbonyl (C=O) groups is 5. The zero-order valence-electron chi connectivity index (χ0n) is 27.5. The van der Waals surface area contributed by atoms with Crippen molar-refractivity contribution in [1.82, 2.24) is 24.5 Å². The highest BCUT2D eigenvalue weighted by atomic mass is 16.6. The van der Waals surface area contributed by atoms with Crippen molar-refractivity contribution in [2.45, 2.75) is 24.1 Å². The smallest absolute Gasteiger partial charge is 0.410 e. The quantitative estimate of drug-likeness (QED) is 0.220. The van der Waals surface area contributed by atoms with E-state index in [9.17, 15) is 49.5 Å². The molecule has 5 N–H and O–H groups in total. The Bertz CT molecular complexity index is 1500. The van der Waals surface area contributed by atoms with Gasteiger partial charge in [-0.2, -0.15) is 0 Å². The average molecular weight is 698 g/mol. The predicted octanol–water partition coefficient (Wildman–Crippen LogP) is -0.0908. The van der Waals surface area contributed by atoms with Crippen LogP contribution in [0.5, 0.6) is 0 Å². The summed E-state index contributed by atoms with van der Waals surface area (Å²) in [4.78, 5) is 68.5. The fraction of sp³-hybridized carbons (Fsp3) is 0.500. The number of hydrogen-bond acceptors (Lipinski definition) is 11. The number of nitrogens with zero attached hydrogens (tertiary/aromatic N) is 5. The molecule has 5 rings (SSSR count). The molecule has 2 aromatic carbocycles. The number of rotatable bonds is 10. The van der Waals surface area contributed by atoms with Crippen LogP contribution in [0.25, 0.3) is 11.1 Å². The maximum atomic E-state index is 13.6. The highest BCUT2D eigenvalue weighted by Gasteiger charge is 2.50. The first-order chi connectivity index (χ1) is 23.9. The number of likely N-dealkylation sites (tertiary alicyclic amines) is 1.